The largest absolute Gasteiger partial charge is 0.467 e. The predicted octanol–water partition coefficient (Wildman–Crippen LogP) is 1.43. The Morgan fingerprint density at radius 1 is 1.09 bits per heavy atom. The van der Waals surface area contributed by atoms with Gasteiger partial charge in [-0.15, -0.1) is 0 Å². The molecule has 0 saturated carbocycles. The van der Waals surface area contributed by atoms with E-state index in [1.165, 1.54) is 0 Å². The first-order valence-electron chi connectivity index (χ1n) is 6.50. The van der Waals surface area contributed by atoms with Gasteiger partial charge in [0, 0.05) is 12.1 Å². The Morgan fingerprint density at radius 3 is 1.91 bits per heavy atom. The first-order valence-corrected chi connectivity index (χ1v) is 6.50. The van der Waals surface area contributed by atoms with Crippen LogP contribution in [0.5, 0.6) is 0 Å². The third-order valence-electron chi connectivity index (χ3n) is 2.99. The molecule has 0 aliphatic carbocycles. The van der Waals surface area contributed by atoms with E-state index >= 15 is 0 Å². The molecule has 10 heteroatoms. The number of nitro groups is 2. The molecule has 0 aliphatic heterocycles. The highest BCUT2D eigenvalue weighted by Crippen LogP contribution is 2.23. The number of methoxy groups -OCH3 is 1. The monoisotopic (exact) mass is 325 g/mol. The van der Waals surface area contributed by atoms with Crippen LogP contribution in [0.25, 0.3) is 0 Å². The Kier molecular flexibility index (Phi) is 5.71. The fraction of sp³-hybridized carbons (Fsp3) is 0.385. The summed E-state index contributed by atoms with van der Waals surface area (Å²) in [4.78, 5) is 43.7. The quantitative estimate of drug-likeness (QED) is 0.473. The van der Waals surface area contributed by atoms with Crippen molar-refractivity contribution in [2.75, 3.05) is 7.11 Å². The van der Waals surface area contributed by atoms with E-state index in [2.05, 4.69) is 10.1 Å². The van der Waals surface area contributed by atoms with Gasteiger partial charge >= 0.3 is 5.97 Å². The molecule has 1 atom stereocenters. The zero-order valence-corrected chi connectivity index (χ0v) is 12.6. The van der Waals surface area contributed by atoms with Crippen molar-refractivity contribution in [3.63, 3.8) is 0 Å². The molecule has 1 N–H and O–H groups in total. The molecule has 0 fully saturated rings. The maximum atomic E-state index is 12.2. The molecule has 10 nitrogen and oxygen atoms in total. The van der Waals surface area contributed by atoms with Gasteiger partial charge in [0.15, 0.2) is 0 Å². The fourth-order valence-electron chi connectivity index (χ4n) is 1.79. The van der Waals surface area contributed by atoms with Crippen LogP contribution < -0.4 is 5.32 Å². The second-order valence-electron chi connectivity index (χ2n) is 4.97. The number of non-ortho nitro benzene ring substituents is 2. The van der Waals surface area contributed by atoms with Crippen molar-refractivity contribution in [2.45, 2.75) is 19.9 Å². The summed E-state index contributed by atoms with van der Waals surface area (Å²) < 4.78 is 4.56. The van der Waals surface area contributed by atoms with Gasteiger partial charge < -0.3 is 10.1 Å². The van der Waals surface area contributed by atoms with E-state index in [4.69, 9.17) is 0 Å². The number of carbonyl (C=O) groups excluding carboxylic acids is 2. The number of rotatable bonds is 6. The topological polar surface area (TPSA) is 142 Å². The maximum Gasteiger partial charge on any atom is 0.328 e. The lowest BCUT2D eigenvalue weighted by atomic mass is 10.0. The molecule has 23 heavy (non-hydrogen) atoms. The second-order valence-corrected chi connectivity index (χ2v) is 4.97. The van der Waals surface area contributed by atoms with Gasteiger partial charge in [-0.2, -0.15) is 0 Å². The number of ether oxygens (including phenoxy) is 1. The number of amides is 1. The van der Waals surface area contributed by atoms with Crippen molar-refractivity contribution in [3.8, 4) is 0 Å². The lowest BCUT2D eigenvalue weighted by molar-refractivity contribution is -0.394. The summed E-state index contributed by atoms with van der Waals surface area (Å²) in [5.74, 6) is -1.84. The summed E-state index contributed by atoms with van der Waals surface area (Å²) in [5, 5.41) is 24.0. The third kappa shape index (κ3) is 4.46. The van der Waals surface area contributed by atoms with Crippen LogP contribution in [0.15, 0.2) is 18.2 Å². The standard InChI is InChI=1S/C13H15N3O7/c1-7(2)11(13(18)23-3)14-12(17)8-4-9(15(19)20)6-10(5-8)16(21)22/h4-7,11H,1-3H3,(H,14,17)/t11-/m0/s1. The molecule has 0 saturated heterocycles. The molecule has 0 aromatic heterocycles. The molecule has 0 heterocycles. The Morgan fingerprint density at radius 2 is 1.57 bits per heavy atom. The average molecular weight is 325 g/mol. The van der Waals surface area contributed by atoms with Crippen LogP contribution in [0.4, 0.5) is 11.4 Å². The van der Waals surface area contributed by atoms with E-state index < -0.39 is 39.1 Å². The Labute approximate surface area is 130 Å². The number of nitro benzene ring substituents is 2. The van der Waals surface area contributed by atoms with Crippen LogP contribution in [0.2, 0.25) is 0 Å². The average Bonchev–Trinajstić information content (AvgIpc) is 2.50. The highest BCUT2D eigenvalue weighted by molar-refractivity contribution is 5.98. The lowest BCUT2D eigenvalue weighted by Gasteiger charge is -2.19. The van der Waals surface area contributed by atoms with Crippen LogP contribution in [0, 0.1) is 26.1 Å². The summed E-state index contributed by atoms with van der Waals surface area (Å²) in [5.41, 5.74) is -1.48. The van der Waals surface area contributed by atoms with Gasteiger partial charge in [0.2, 0.25) is 0 Å². The molecule has 1 amide bonds. The molecule has 0 unspecified atom stereocenters. The maximum absolute atomic E-state index is 12.2. The number of carbonyl (C=O) groups is 2. The molecule has 0 radical (unpaired) electrons. The molecular formula is C13H15N3O7. The SMILES string of the molecule is COC(=O)[C@@H](NC(=O)c1cc([N+](=O)[O-])cc([N+](=O)[O-])c1)C(C)C. The van der Waals surface area contributed by atoms with Crippen molar-refractivity contribution in [1.82, 2.24) is 5.32 Å². The summed E-state index contributed by atoms with van der Waals surface area (Å²) in [6.07, 6.45) is 0. The first-order chi connectivity index (χ1) is 10.7. The number of hydrogen-bond acceptors (Lipinski definition) is 7. The van der Waals surface area contributed by atoms with E-state index in [1.54, 1.807) is 13.8 Å². The highest BCUT2D eigenvalue weighted by Gasteiger charge is 2.27. The summed E-state index contributed by atoms with van der Waals surface area (Å²) in [6, 6.07) is 1.57. The molecular weight excluding hydrogens is 310 g/mol. The van der Waals surface area contributed by atoms with Crippen LogP contribution in [-0.4, -0.2) is 34.9 Å². The van der Waals surface area contributed by atoms with Crippen molar-refractivity contribution in [3.05, 3.63) is 44.0 Å². The summed E-state index contributed by atoms with van der Waals surface area (Å²) >= 11 is 0. The molecule has 0 bridgehead atoms. The van der Waals surface area contributed by atoms with Crippen molar-refractivity contribution in [1.29, 1.82) is 0 Å². The molecule has 0 aliphatic rings. The van der Waals surface area contributed by atoms with Crippen molar-refractivity contribution >= 4 is 23.3 Å². The van der Waals surface area contributed by atoms with E-state index in [0.717, 1.165) is 25.3 Å². The molecule has 0 spiro atoms. The molecule has 1 aromatic carbocycles. The van der Waals surface area contributed by atoms with Crippen LogP contribution in [0.1, 0.15) is 24.2 Å². The number of nitrogens with one attached hydrogen (secondary N) is 1. The van der Waals surface area contributed by atoms with Gasteiger partial charge in [-0.25, -0.2) is 4.79 Å². The van der Waals surface area contributed by atoms with Crippen LogP contribution in [-0.2, 0) is 9.53 Å². The lowest BCUT2D eigenvalue weighted by Crippen LogP contribution is -2.45. The zero-order chi connectivity index (χ0) is 17.7. The van der Waals surface area contributed by atoms with Crippen LogP contribution >= 0.6 is 0 Å². The Hall–Kier alpha value is -3.04. The number of hydrogen-bond donors (Lipinski definition) is 1. The highest BCUT2D eigenvalue weighted by atomic mass is 16.6. The third-order valence-corrected chi connectivity index (χ3v) is 2.99. The van der Waals surface area contributed by atoms with Crippen molar-refractivity contribution < 1.29 is 24.2 Å². The van der Waals surface area contributed by atoms with E-state index in [9.17, 15) is 29.8 Å². The Bertz CT molecular complexity index is 625. The van der Waals surface area contributed by atoms with E-state index in [1.807, 2.05) is 0 Å². The van der Waals surface area contributed by atoms with Gasteiger partial charge in [0.05, 0.1) is 28.6 Å². The minimum Gasteiger partial charge on any atom is -0.467 e. The summed E-state index contributed by atoms with van der Waals surface area (Å²) in [6.45, 7) is 3.33. The minimum absolute atomic E-state index is 0.291. The molecule has 124 valence electrons. The molecule has 1 aromatic rings. The normalized spacial score (nSPS) is 11.7. The smallest absolute Gasteiger partial charge is 0.328 e. The van der Waals surface area contributed by atoms with Gasteiger partial charge in [-0.1, -0.05) is 13.8 Å². The van der Waals surface area contributed by atoms with Gasteiger partial charge in [0.1, 0.15) is 6.04 Å². The predicted molar refractivity (Wildman–Crippen MR) is 77.9 cm³/mol. The number of nitrogens with zero attached hydrogens (tertiary/aromatic N) is 2. The van der Waals surface area contributed by atoms with Gasteiger partial charge in [-0.3, -0.25) is 25.0 Å². The Balaban J connectivity index is 3.18. The fourth-order valence-corrected chi connectivity index (χ4v) is 1.79. The molecule has 1 rings (SSSR count). The first kappa shape index (κ1) is 18.0. The van der Waals surface area contributed by atoms with Crippen LogP contribution in [0.3, 0.4) is 0 Å². The number of benzene rings is 1. The zero-order valence-electron chi connectivity index (χ0n) is 12.6. The minimum atomic E-state index is -0.981. The van der Waals surface area contributed by atoms with E-state index in [-0.39, 0.29) is 11.5 Å². The van der Waals surface area contributed by atoms with Crippen molar-refractivity contribution in [2.24, 2.45) is 5.92 Å². The number of esters is 1. The van der Waals surface area contributed by atoms with E-state index in [0.29, 0.717) is 0 Å². The second kappa shape index (κ2) is 7.29. The van der Waals surface area contributed by atoms with Gasteiger partial charge in [0.25, 0.3) is 17.3 Å². The summed E-state index contributed by atoms with van der Waals surface area (Å²) in [7, 11) is 1.15. The van der Waals surface area contributed by atoms with Gasteiger partial charge in [-0.05, 0) is 5.92 Å².